The summed E-state index contributed by atoms with van der Waals surface area (Å²) in [6.07, 6.45) is -4.14. The van der Waals surface area contributed by atoms with Gasteiger partial charge in [-0.2, -0.15) is 13.2 Å². The molecule has 178 valence electrons. The molecule has 0 fully saturated rings. The molecule has 5 rings (SSSR count). The lowest BCUT2D eigenvalue weighted by atomic mass is 10.1. The molecule has 0 spiro atoms. The van der Waals surface area contributed by atoms with Crippen LogP contribution in [-0.4, -0.2) is 27.9 Å². The summed E-state index contributed by atoms with van der Waals surface area (Å²) >= 11 is 0. The molecule has 4 aromatic rings. The van der Waals surface area contributed by atoms with Crippen molar-refractivity contribution in [2.45, 2.75) is 25.1 Å². The van der Waals surface area contributed by atoms with Gasteiger partial charge in [0.25, 0.3) is 5.91 Å². The summed E-state index contributed by atoms with van der Waals surface area (Å²) in [6.45, 7) is 0.387. The number of fused-ring (bicyclic) bond motifs is 3. The van der Waals surface area contributed by atoms with Crippen LogP contribution in [0.15, 0.2) is 78.9 Å². The predicted molar refractivity (Wildman–Crippen MR) is 126 cm³/mol. The number of benzene rings is 3. The molecular formula is C26H21F3N4O2. The third-order valence-corrected chi connectivity index (χ3v) is 6.00. The lowest BCUT2D eigenvalue weighted by Crippen LogP contribution is -2.33. The average Bonchev–Trinajstić information content (AvgIpc) is 3.32. The fourth-order valence-corrected chi connectivity index (χ4v) is 4.35. The smallest absolute Gasteiger partial charge is 0.326 e. The standard InChI is InChI=1S/C26H21F3N4O2/c27-26(28,29)18-9-6-10-19(15-18)30-23(34)16-22-24(35)32(14-13-17-7-2-1-3-8-17)25-31-20-11-4-5-12-21(20)33(22)25/h1-12,15,22H,13-14,16H2,(H,30,34)/t22-/m0/s1. The van der Waals surface area contributed by atoms with Crippen molar-refractivity contribution in [2.75, 3.05) is 16.8 Å². The summed E-state index contributed by atoms with van der Waals surface area (Å²) in [6, 6.07) is 20.6. The van der Waals surface area contributed by atoms with Gasteiger partial charge in [-0.1, -0.05) is 48.5 Å². The minimum absolute atomic E-state index is 0.0203. The first-order valence-corrected chi connectivity index (χ1v) is 11.1. The predicted octanol–water partition coefficient (Wildman–Crippen LogP) is 5.21. The topological polar surface area (TPSA) is 67.2 Å². The number of carbonyl (C=O) groups excluding carboxylic acids is 2. The Balaban J connectivity index is 1.40. The maximum atomic E-state index is 13.4. The van der Waals surface area contributed by atoms with E-state index in [4.69, 9.17) is 0 Å². The van der Waals surface area contributed by atoms with E-state index >= 15 is 0 Å². The number of alkyl halides is 3. The lowest BCUT2D eigenvalue weighted by Gasteiger charge is -2.16. The van der Waals surface area contributed by atoms with Gasteiger partial charge < -0.3 is 5.32 Å². The van der Waals surface area contributed by atoms with Gasteiger partial charge >= 0.3 is 6.18 Å². The molecule has 1 aliphatic rings. The Bertz CT molecular complexity index is 1400. The number of halogens is 3. The van der Waals surface area contributed by atoms with Crippen LogP contribution >= 0.6 is 0 Å². The monoisotopic (exact) mass is 478 g/mol. The summed E-state index contributed by atoms with van der Waals surface area (Å²) < 4.78 is 40.8. The molecule has 2 heterocycles. The number of nitrogens with zero attached hydrogens (tertiary/aromatic N) is 3. The molecule has 0 unspecified atom stereocenters. The van der Waals surface area contributed by atoms with Crippen LogP contribution in [0.1, 0.15) is 23.6 Å². The van der Waals surface area contributed by atoms with E-state index in [9.17, 15) is 22.8 Å². The second-order valence-electron chi connectivity index (χ2n) is 8.34. The second kappa shape index (κ2) is 8.90. The van der Waals surface area contributed by atoms with Crippen LogP contribution in [0.3, 0.4) is 0 Å². The summed E-state index contributed by atoms with van der Waals surface area (Å²) in [7, 11) is 0. The van der Waals surface area contributed by atoms with E-state index in [1.54, 1.807) is 9.47 Å². The summed E-state index contributed by atoms with van der Waals surface area (Å²) in [4.78, 5) is 32.4. The average molecular weight is 478 g/mol. The van der Waals surface area contributed by atoms with Crippen molar-refractivity contribution in [3.8, 4) is 0 Å². The Hall–Kier alpha value is -4.14. The fourth-order valence-electron chi connectivity index (χ4n) is 4.35. The highest BCUT2D eigenvalue weighted by Crippen LogP contribution is 2.37. The van der Waals surface area contributed by atoms with E-state index < -0.39 is 23.7 Å². The second-order valence-corrected chi connectivity index (χ2v) is 8.34. The molecule has 0 radical (unpaired) electrons. The van der Waals surface area contributed by atoms with E-state index in [2.05, 4.69) is 10.3 Å². The number of rotatable bonds is 6. The van der Waals surface area contributed by atoms with Crippen LogP contribution < -0.4 is 10.2 Å². The van der Waals surface area contributed by atoms with Crippen molar-refractivity contribution in [2.24, 2.45) is 0 Å². The van der Waals surface area contributed by atoms with Crippen LogP contribution in [0.2, 0.25) is 0 Å². The highest BCUT2D eigenvalue weighted by atomic mass is 19.4. The number of aromatic nitrogens is 2. The van der Waals surface area contributed by atoms with Gasteiger partial charge in [-0.3, -0.25) is 19.1 Å². The first kappa shape index (κ1) is 22.6. The highest BCUT2D eigenvalue weighted by molar-refractivity contribution is 6.05. The van der Waals surface area contributed by atoms with Crippen LogP contribution in [-0.2, 0) is 22.2 Å². The zero-order valence-corrected chi connectivity index (χ0v) is 18.5. The van der Waals surface area contributed by atoms with Gasteiger partial charge in [-0.05, 0) is 42.3 Å². The molecule has 6 nitrogen and oxygen atoms in total. The SMILES string of the molecule is O=C(C[C@H]1C(=O)N(CCc2ccccc2)c2nc3ccccc3n21)Nc1cccc(C(F)(F)F)c1. The van der Waals surface area contributed by atoms with Gasteiger partial charge in [0.15, 0.2) is 0 Å². The number of nitrogens with one attached hydrogen (secondary N) is 1. The van der Waals surface area contributed by atoms with E-state index in [1.165, 1.54) is 12.1 Å². The maximum Gasteiger partial charge on any atom is 0.416 e. The molecule has 0 bridgehead atoms. The van der Waals surface area contributed by atoms with E-state index in [-0.39, 0.29) is 18.0 Å². The molecule has 2 amide bonds. The highest BCUT2D eigenvalue weighted by Gasteiger charge is 2.40. The van der Waals surface area contributed by atoms with Crippen LogP contribution in [0.4, 0.5) is 24.8 Å². The number of carbonyl (C=O) groups is 2. The van der Waals surface area contributed by atoms with Gasteiger partial charge in [-0.15, -0.1) is 0 Å². The van der Waals surface area contributed by atoms with E-state index in [0.717, 1.165) is 23.2 Å². The largest absolute Gasteiger partial charge is 0.416 e. The summed E-state index contributed by atoms with van der Waals surface area (Å²) in [5.74, 6) is -0.367. The van der Waals surface area contributed by atoms with Crippen LogP contribution in [0, 0.1) is 0 Å². The van der Waals surface area contributed by atoms with E-state index in [1.807, 2.05) is 54.6 Å². The molecule has 0 saturated heterocycles. The number of imidazole rings is 1. The molecule has 1 aliphatic heterocycles. The van der Waals surface area contributed by atoms with Gasteiger partial charge in [0, 0.05) is 12.2 Å². The molecule has 1 aromatic heterocycles. The zero-order chi connectivity index (χ0) is 24.6. The maximum absolute atomic E-state index is 13.4. The molecule has 0 aliphatic carbocycles. The quantitative estimate of drug-likeness (QED) is 0.414. The van der Waals surface area contributed by atoms with Gasteiger partial charge in [0.1, 0.15) is 6.04 Å². The van der Waals surface area contributed by atoms with Crippen molar-refractivity contribution in [3.05, 3.63) is 90.0 Å². The third-order valence-electron chi connectivity index (χ3n) is 6.00. The molecule has 3 aromatic carbocycles. The number of anilines is 2. The first-order valence-electron chi connectivity index (χ1n) is 11.1. The first-order chi connectivity index (χ1) is 16.8. The third kappa shape index (κ3) is 4.49. The Kier molecular flexibility index (Phi) is 5.76. The van der Waals surface area contributed by atoms with Crippen LogP contribution in [0.5, 0.6) is 0 Å². The lowest BCUT2D eigenvalue weighted by molar-refractivity contribution is -0.137. The minimum Gasteiger partial charge on any atom is -0.326 e. The van der Waals surface area contributed by atoms with Crippen molar-refractivity contribution >= 4 is 34.5 Å². The molecular weight excluding hydrogens is 457 g/mol. The van der Waals surface area contributed by atoms with Crippen LogP contribution in [0.25, 0.3) is 11.0 Å². The molecule has 0 saturated carbocycles. The Morgan fingerprint density at radius 1 is 0.971 bits per heavy atom. The summed E-state index contributed by atoms with van der Waals surface area (Å²) in [5.41, 5.74) is 1.64. The van der Waals surface area contributed by atoms with E-state index in [0.29, 0.717) is 24.4 Å². The normalized spacial score (nSPS) is 15.5. The fraction of sp³-hybridized carbons (Fsp3) is 0.192. The number of para-hydroxylation sites is 2. The number of amides is 2. The van der Waals surface area contributed by atoms with Crippen molar-refractivity contribution in [3.63, 3.8) is 0 Å². The Labute approximate surface area is 199 Å². The Morgan fingerprint density at radius 3 is 2.49 bits per heavy atom. The van der Waals surface area contributed by atoms with Gasteiger partial charge in [0.2, 0.25) is 11.9 Å². The van der Waals surface area contributed by atoms with Crippen molar-refractivity contribution in [1.29, 1.82) is 0 Å². The van der Waals surface area contributed by atoms with Crippen molar-refractivity contribution < 1.29 is 22.8 Å². The molecule has 35 heavy (non-hydrogen) atoms. The van der Waals surface area contributed by atoms with Crippen molar-refractivity contribution in [1.82, 2.24) is 9.55 Å². The van der Waals surface area contributed by atoms with Gasteiger partial charge in [-0.25, -0.2) is 4.98 Å². The Morgan fingerprint density at radius 2 is 1.71 bits per heavy atom. The minimum atomic E-state index is -4.52. The summed E-state index contributed by atoms with van der Waals surface area (Å²) in [5, 5.41) is 2.50. The molecule has 9 heteroatoms. The number of hydrogen-bond acceptors (Lipinski definition) is 3. The number of hydrogen-bond donors (Lipinski definition) is 1. The zero-order valence-electron chi connectivity index (χ0n) is 18.5. The van der Waals surface area contributed by atoms with Gasteiger partial charge in [0.05, 0.1) is 23.0 Å². The molecule has 1 atom stereocenters. The molecule has 1 N–H and O–H groups in total.